The van der Waals surface area contributed by atoms with Gasteiger partial charge in [0.25, 0.3) is 5.91 Å². The number of benzene rings is 2. The third-order valence-electron chi connectivity index (χ3n) is 5.81. The Morgan fingerprint density at radius 3 is 2.64 bits per heavy atom. The Morgan fingerprint density at radius 2 is 1.86 bits per heavy atom. The first-order chi connectivity index (χ1) is 13.7. The van der Waals surface area contributed by atoms with Crippen molar-refractivity contribution < 1.29 is 14.3 Å². The molecule has 0 unspecified atom stereocenters. The topological polar surface area (TPSA) is 65.6 Å². The maximum Gasteiger partial charge on any atom is 0.251 e. The van der Waals surface area contributed by atoms with Gasteiger partial charge in [-0.25, -0.2) is 4.90 Å². The molecule has 0 saturated carbocycles. The number of methoxy groups -OCH3 is 1. The van der Waals surface area contributed by atoms with Crippen molar-refractivity contribution in [2.75, 3.05) is 18.6 Å². The summed E-state index contributed by atoms with van der Waals surface area (Å²) in [5, 5.41) is 1.20. The van der Waals surface area contributed by atoms with Crippen molar-refractivity contribution >= 4 is 28.4 Å². The highest BCUT2D eigenvalue weighted by atomic mass is 16.5. The number of hydrogen-bond donors (Lipinski definition) is 1. The average molecular weight is 375 g/mol. The van der Waals surface area contributed by atoms with Gasteiger partial charge in [0.2, 0.25) is 5.91 Å². The van der Waals surface area contributed by atoms with Crippen LogP contribution in [0.2, 0.25) is 0 Å². The number of ether oxygens (including phenoxy) is 1. The molecule has 1 aromatic heterocycles. The molecule has 3 heterocycles. The Balaban J connectivity index is 1.41. The van der Waals surface area contributed by atoms with E-state index in [0.29, 0.717) is 18.0 Å². The van der Waals surface area contributed by atoms with E-state index < -0.39 is 6.04 Å². The molecule has 0 spiro atoms. The molecule has 2 aliphatic heterocycles. The van der Waals surface area contributed by atoms with Crippen molar-refractivity contribution in [2.45, 2.75) is 25.4 Å². The monoisotopic (exact) mass is 375 g/mol. The lowest BCUT2D eigenvalue weighted by Gasteiger charge is -2.31. The number of fused-ring (bicyclic) bond motifs is 3. The molecule has 6 nitrogen and oxygen atoms in total. The molecule has 0 bridgehead atoms. The summed E-state index contributed by atoms with van der Waals surface area (Å²) < 4.78 is 5.16. The van der Waals surface area contributed by atoms with Gasteiger partial charge in [-0.3, -0.25) is 14.5 Å². The van der Waals surface area contributed by atoms with Crippen LogP contribution in [0, 0.1) is 0 Å². The summed E-state index contributed by atoms with van der Waals surface area (Å²) in [6, 6.07) is 14.9. The summed E-state index contributed by atoms with van der Waals surface area (Å²) >= 11 is 0. The molecule has 1 N–H and O–H groups in total. The van der Waals surface area contributed by atoms with E-state index in [1.165, 1.54) is 21.5 Å². The summed E-state index contributed by atoms with van der Waals surface area (Å²) in [6.07, 6.45) is 1.08. The number of carbonyl (C=O) groups excluding carboxylic acids is 2. The van der Waals surface area contributed by atoms with E-state index in [0.717, 1.165) is 18.5 Å². The molecule has 0 aliphatic carbocycles. The maximum atomic E-state index is 13.1. The highest BCUT2D eigenvalue weighted by Crippen LogP contribution is 2.32. The zero-order valence-corrected chi connectivity index (χ0v) is 15.6. The van der Waals surface area contributed by atoms with Crippen molar-refractivity contribution in [3.63, 3.8) is 0 Å². The van der Waals surface area contributed by atoms with Gasteiger partial charge in [-0.15, -0.1) is 0 Å². The Labute approximate surface area is 162 Å². The van der Waals surface area contributed by atoms with E-state index in [2.05, 4.69) is 22.0 Å². The minimum atomic E-state index is -0.406. The summed E-state index contributed by atoms with van der Waals surface area (Å²) in [5.74, 6) is 0.408. The van der Waals surface area contributed by atoms with Gasteiger partial charge in [0, 0.05) is 36.1 Å². The molecular formula is C22H21N3O3. The third-order valence-corrected chi connectivity index (χ3v) is 5.81. The second kappa shape index (κ2) is 6.49. The number of anilines is 1. The Kier molecular flexibility index (Phi) is 3.94. The van der Waals surface area contributed by atoms with E-state index in [-0.39, 0.29) is 18.2 Å². The first-order valence-corrected chi connectivity index (χ1v) is 9.49. The van der Waals surface area contributed by atoms with Crippen molar-refractivity contribution in [2.24, 2.45) is 0 Å². The van der Waals surface area contributed by atoms with Gasteiger partial charge in [-0.05, 0) is 35.9 Å². The van der Waals surface area contributed by atoms with E-state index in [1.54, 1.807) is 31.4 Å². The lowest BCUT2D eigenvalue weighted by atomic mass is 10.0. The first kappa shape index (κ1) is 17.0. The number of imide groups is 1. The number of nitrogens with zero attached hydrogens (tertiary/aromatic N) is 2. The van der Waals surface area contributed by atoms with Crippen LogP contribution in [0.4, 0.5) is 5.69 Å². The minimum absolute atomic E-state index is 0.140. The van der Waals surface area contributed by atoms with E-state index in [9.17, 15) is 9.59 Å². The lowest BCUT2D eigenvalue weighted by molar-refractivity contribution is -0.123. The number of aromatic nitrogens is 1. The molecule has 6 heteroatoms. The van der Waals surface area contributed by atoms with Gasteiger partial charge in [0.1, 0.15) is 5.75 Å². The van der Waals surface area contributed by atoms with Crippen molar-refractivity contribution in [3.8, 4) is 5.75 Å². The molecule has 2 aromatic carbocycles. The molecule has 142 valence electrons. The summed E-state index contributed by atoms with van der Waals surface area (Å²) in [7, 11) is 1.59. The summed E-state index contributed by atoms with van der Waals surface area (Å²) in [5.41, 5.74) is 4.21. The van der Waals surface area contributed by atoms with Gasteiger partial charge in [-0.1, -0.05) is 18.2 Å². The number of hydrogen-bond acceptors (Lipinski definition) is 4. The lowest BCUT2D eigenvalue weighted by Crippen LogP contribution is -2.44. The molecule has 5 rings (SSSR count). The molecule has 1 fully saturated rings. The maximum absolute atomic E-state index is 13.1. The van der Waals surface area contributed by atoms with Crippen LogP contribution < -0.4 is 9.64 Å². The number of carbonyl (C=O) groups is 2. The van der Waals surface area contributed by atoms with Crippen LogP contribution in [0.1, 0.15) is 17.7 Å². The predicted octanol–water partition coefficient (Wildman–Crippen LogP) is 2.87. The van der Waals surface area contributed by atoms with Crippen LogP contribution in [0.25, 0.3) is 10.9 Å². The summed E-state index contributed by atoms with van der Waals surface area (Å²) in [6.45, 7) is 1.44. The SMILES string of the molecule is COc1ccc(N2C(=O)C[C@@H](N3CCc4[nH]c5ccccc5c4C3)C2=O)cc1. The summed E-state index contributed by atoms with van der Waals surface area (Å²) in [4.78, 5) is 32.7. The third kappa shape index (κ3) is 2.60. The fourth-order valence-corrected chi connectivity index (χ4v) is 4.36. The van der Waals surface area contributed by atoms with E-state index >= 15 is 0 Å². The quantitative estimate of drug-likeness (QED) is 0.715. The normalized spacial score (nSPS) is 20.0. The standard InChI is InChI=1S/C22H21N3O3/c1-28-15-8-6-14(7-9-15)25-21(26)12-20(22(25)27)24-11-10-19-17(13-24)16-4-2-3-5-18(16)23-19/h2-9,20,23H,10-13H2,1H3/t20-/m1/s1. The first-order valence-electron chi connectivity index (χ1n) is 9.49. The number of H-pyrrole nitrogens is 1. The second-order valence-electron chi connectivity index (χ2n) is 7.33. The molecule has 28 heavy (non-hydrogen) atoms. The molecule has 2 aliphatic rings. The van der Waals surface area contributed by atoms with Crippen LogP contribution >= 0.6 is 0 Å². The van der Waals surface area contributed by atoms with Gasteiger partial charge in [-0.2, -0.15) is 0 Å². The molecular weight excluding hydrogens is 354 g/mol. The van der Waals surface area contributed by atoms with Crippen molar-refractivity contribution in [1.29, 1.82) is 0 Å². The van der Waals surface area contributed by atoms with Gasteiger partial charge in [0.15, 0.2) is 0 Å². The van der Waals surface area contributed by atoms with Crippen LogP contribution in [0.5, 0.6) is 5.75 Å². The second-order valence-corrected chi connectivity index (χ2v) is 7.33. The smallest absolute Gasteiger partial charge is 0.251 e. The van der Waals surface area contributed by atoms with E-state index in [1.807, 2.05) is 12.1 Å². The largest absolute Gasteiger partial charge is 0.497 e. The predicted molar refractivity (Wildman–Crippen MR) is 106 cm³/mol. The van der Waals surface area contributed by atoms with Crippen LogP contribution in [0.3, 0.4) is 0 Å². The Bertz CT molecular complexity index is 1070. The fraction of sp³-hybridized carbons (Fsp3) is 0.273. The molecule has 3 aromatic rings. The Hall–Kier alpha value is -3.12. The Morgan fingerprint density at radius 1 is 1.07 bits per heavy atom. The molecule has 2 amide bonds. The molecule has 1 atom stereocenters. The van der Waals surface area contributed by atoms with Gasteiger partial charge >= 0.3 is 0 Å². The zero-order valence-electron chi connectivity index (χ0n) is 15.6. The van der Waals surface area contributed by atoms with Gasteiger partial charge < -0.3 is 9.72 Å². The molecule has 0 radical (unpaired) electrons. The van der Waals surface area contributed by atoms with Gasteiger partial charge in [0.05, 0.1) is 25.3 Å². The fourth-order valence-electron chi connectivity index (χ4n) is 4.36. The molecule has 1 saturated heterocycles. The number of nitrogens with one attached hydrogen (secondary N) is 1. The highest BCUT2D eigenvalue weighted by Gasteiger charge is 2.43. The zero-order chi connectivity index (χ0) is 19.3. The van der Waals surface area contributed by atoms with Crippen LogP contribution in [-0.2, 0) is 22.6 Å². The van der Waals surface area contributed by atoms with E-state index in [4.69, 9.17) is 4.74 Å². The number of para-hydroxylation sites is 1. The minimum Gasteiger partial charge on any atom is -0.497 e. The average Bonchev–Trinajstić information content (AvgIpc) is 3.24. The van der Waals surface area contributed by atoms with Crippen LogP contribution in [0.15, 0.2) is 48.5 Å². The highest BCUT2D eigenvalue weighted by molar-refractivity contribution is 6.22. The number of aromatic amines is 1. The number of rotatable bonds is 3. The number of amides is 2. The van der Waals surface area contributed by atoms with Crippen molar-refractivity contribution in [3.05, 3.63) is 59.8 Å². The van der Waals surface area contributed by atoms with Crippen molar-refractivity contribution in [1.82, 2.24) is 9.88 Å². The van der Waals surface area contributed by atoms with Crippen LogP contribution in [-0.4, -0.2) is 41.4 Å².